The summed E-state index contributed by atoms with van der Waals surface area (Å²) in [4.78, 5) is 0. The fourth-order valence-electron chi connectivity index (χ4n) is 1.35. The van der Waals surface area contributed by atoms with Gasteiger partial charge in [-0.1, -0.05) is 0 Å². The van der Waals surface area contributed by atoms with Crippen LogP contribution in [0, 0.1) is 0 Å². The topological polar surface area (TPSA) is 34.4 Å². The number of furan rings is 1. The lowest BCUT2D eigenvalue weighted by atomic mass is 10.4. The van der Waals surface area contributed by atoms with E-state index in [9.17, 15) is 0 Å². The SMILES string of the molecule is CC(C)OCCCNCCSCc1ccco1. The van der Waals surface area contributed by atoms with Crippen LogP contribution < -0.4 is 5.32 Å². The molecule has 0 aliphatic heterocycles. The first kappa shape index (κ1) is 14.6. The molecule has 0 aliphatic rings. The molecule has 0 unspecified atom stereocenters. The molecule has 0 saturated heterocycles. The van der Waals surface area contributed by atoms with E-state index in [1.54, 1.807) is 6.26 Å². The first-order valence-corrected chi connectivity index (χ1v) is 7.37. The molecule has 0 fully saturated rings. The zero-order valence-corrected chi connectivity index (χ0v) is 11.6. The summed E-state index contributed by atoms with van der Waals surface area (Å²) in [6, 6.07) is 3.95. The molecule has 1 rings (SSSR count). The van der Waals surface area contributed by atoms with Crippen molar-refractivity contribution in [3.8, 4) is 0 Å². The summed E-state index contributed by atoms with van der Waals surface area (Å²) in [6.45, 7) is 7.07. The van der Waals surface area contributed by atoms with E-state index in [2.05, 4.69) is 19.2 Å². The van der Waals surface area contributed by atoms with Crippen LogP contribution in [0.25, 0.3) is 0 Å². The Kier molecular flexibility index (Phi) is 8.22. The van der Waals surface area contributed by atoms with E-state index in [1.165, 1.54) is 0 Å². The molecule has 3 nitrogen and oxygen atoms in total. The normalized spacial score (nSPS) is 11.2. The molecular formula is C13H23NO2S. The molecule has 0 spiro atoms. The highest BCUT2D eigenvalue weighted by atomic mass is 32.2. The molecule has 0 aliphatic carbocycles. The first-order chi connectivity index (χ1) is 8.29. The molecular weight excluding hydrogens is 234 g/mol. The smallest absolute Gasteiger partial charge is 0.113 e. The fraction of sp³-hybridized carbons (Fsp3) is 0.692. The molecule has 0 aromatic carbocycles. The minimum Gasteiger partial charge on any atom is -0.468 e. The van der Waals surface area contributed by atoms with Gasteiger partial charge in [0.05, 0.1) is 18.1 Å². The van der Waals surface area contributed by atoms with Gasteiger partial charge < -0.3 is 14.5 Å². The van der Waals surface area contributed by atoms with Gasteiger partial charge in [0.1, 0.15) is 5.76 Å². The van der Waals surface area contributed by atoms with Gasteiger partial charge >= 0.3 is 0 Å². The van der Waals surface area contributed by atoms with Crippen LogP contribution >= 0.6 is 11.8 Å². The largest absolute Gasteiger partial charge is 0.468 e. The molecule has 0 amide bonds. The van der Waals surface area contributed by atoms with Crippen molar-refractivity contribution in [1.82, 2.24) is 5.32 Å². The second kappa shape index (κ2) is 9.57. The fourth-order valence-corrected chi connectivity index (χ4v) is 2.15. The molecule has 1 aromatic heterocycles. The lowest BCUT2D eigenvalue weighted by Crippen LogP contribution is -2.20. The average molecular weight is 257 g/mol. The molecule has 1 N–H and O–H groups in total. The van der Waals surface area contributed by atoms with Gasteiger partial charge in [-0.05, 0) is 38.9 Å². The summed E-state index contributed by atoms with van der Waals surface area (Å²) < 4.78 is 10.7. The van der Waals surface area contributed by atoms with E-state index < -0.39 is 0 Å². The van der Waals surface area contributed by atoms with Crippen LogP contribution in [-0.2, 0) is 10.5 Å². The molecule has 4 heteroatoms. The lowest BCUT2D eigenvalue weighted by Gasteiger charge is -2.07. The Morgan fingerprint density at radius 2 is 2.29 bits per heavy atom. The van der Waals surface area contributed by atoms with Crippen LogP contribution in [0.15, 0.2) is 22.8 Å². The summed E-state index contributed by atoms with van der Waals surface area (Å²) in [5.41, 5.74) is 0. The van der Waals surface area contributed by atoms with Gasteiger partial charge in [-0.3, -0.25) is 0 Å². The maximum Gasteiger partial charge on any atom is 0.113 e. The Hall–Kier alpha value is -0.450. The third-order valence-corrected chi connectivity index (χ3v) is 3.18. The van der Waals surface area contributed by atoms with Crippen molar-refractivity contribution in [2.24, 2.45) is 0 Å². The van der Waals surface area contributed by atoms with Crippen LogP contribution in [0.4, 0.5) is 0 Å². The third kappa shape index (κ3) is 8.30. The number of hydrogen-bond donors (Lipinski definition) is 1. The zero-order valence-electron chi connectivity index (χ0n) is 10.8. The van der Waals surface area contributed by atoms with E-state index in [1.807, 2.05) is 23.9 Å². The van der Waals surface area contributed by atoms with Crippen molar-refractivity contribution in [2.45, 2.75) is 32.1 Å². The Morgan fingerprint density at radius 1 is 1.41 bits per heavy atom. The molecule has 1 heterocycles. The maximum absolute atomic E-state index is 5.46. The van der Waals surface area contributed by atoms with Crippen molar-refractivity contribution in [3.63, 3.8) is 0 Å². The third-order valence-electron chi connectivity index (χ3n) is 2.20. The monoisotopic (exact) mass is 257 g/mol. The summed E-state index contributed by atoms with van der Waals surface area (Å²) in [5, 5.41) is 3.41. The van der Waals surface area contributed by atoms with E-state index in [0.29, 0.717) is 6.10 Å². The Balaban J connectivity index is 1.79. The molecule has 0 bridgehead atoms. The van der Waals surface area contributed by atoms with Gasteiger partial charge in [-0.15, -0.1) is 0 Å². The number of hydrogen-bond acceptors (Lipinski definition) is 4. The van der Waals surface area contributed by atoms with Crippen LogP contribution in [0.2, 0.25) is 0 Å². The number of rotatable bonds is 10. The number of nitrogens with one attached hydrogen (secondary N) is 1. The zero-order chi connectivity index (χ0) is 12.3. The molecule has 0 saturated carbocycles. The summed E-state index contributed by atoms with van der Waals surface area (Å²) >= 11 is 1.89. The molecule has 1 aromatic rings. The summed E-state index contributed by atoms with van der Waals surface area (Å²) in [6.07, 6.45) is 3.16. The van der Waals surface area contributed by atoms with Crippen LogP contribution in [-0.4, -0.2) is 31.6 Å². The van der Waals surface area contributed by atoms with Gasteiger partial charge in [0.2, 0.25) is 0 Å². The van der Waals surface area contributed by atoms with Crippen molar-refractivity contribution in [3.05, 3.63) is 24.2 Å². The van der Waals surface area contributed by atoms with Crippen molar-refractivity contribution >= 4 is 11.8 Å². The molecule has 0 atom stereocenters. The minimum atomic E-state index is 0.346. The number of thioether (sulfide) groups is 1. The highest BCUT2D eigenvalue weighted by molar-refractivity contribution is 7.98. The maximum atomic E-state index is 5.46. The Bertz CT molecular complexity index is 262. The van der Waals surface area contributed by atoms with Gasteiger partial charge in [0.25, 0.3) is 0 Å². The van der Waals surface area contributed by atoms with E-state index >= 15 is 0 Å². The van der Waals surface area contributed by atoms with E-state index in [4.69, 9.17) is 9.15 Å². The van der Waals surface area contributed by atoms with Crippen molar-refractivity contribution in [1.29, 1.82) is 0 Å². The predicted octanol–water partition coefficient (Wildman–Crippen LogP) is 2.92. The highest BCUT2D eigenvalue weighted by Gasteiger charge is 1.96. The standard InChI is InChI=1S/C13H23NO2S/c1-12(2)15-9-4-6-14-7-10-17-11-13-5-3-8-16-13/h3,5,8,12,14H,4,6-7,9-11H2,1-2H3. The van der Waals surface area contributed by atoms with Crippen LogP contribution in [0.1, 0.15) is 26.0 Å². The lowest BCUT2D eigenvalue weighted by molar-refractivity contribution is 0.0772. The summed E-state index contributed by atoms with van der Waals surface area (Å²) in [5.74, 6) is 3.14. The summed E-state index contributed by atoms with van der Waals surface area (Å²) in [7, 11) is 0. The van der Waals surface area contributed by atoms with Gasteiger partial charge in [0, 0.05) is 18.9 Å². The van der Waals surface area contributed by atoms with Gasteiger partial charge in [-0.2, -0.15) is 11.8 Å². The first-order valence-electron chi connectivity index (χ1n) is 6.21. The van der Waals surface area contributed by atoms with Gasteiger partial charge in [0.15, 0.2) is 0 Å². The number of ether oxygens (including phenoxy) is 1. The second-order valence-corrected chi connectivity index (χ2v) is 5.26. The average Bonchev–Trinajstić information content (AvgIpc) is 2.79. The quantitative estimate of drug-likeness (QED) is 0.654. The second-order valence-electron chi connectivity index (χ2n) is 4.16. The molecule has 0 radical (unpaired) electrons. The van der Waals surface area contributed by atoms with Crippen molar-refractivity contribution < 1.29 is 9.15 Å². The van der Waals surface area contributed by atoms with E-state index in [-0.39, 0.29) is 0 Å². The Morgan fingerprint density at radius 3 is 3.00 bits per heavy atom. The molecule has 17 heavy (non-hydrogen) atoms. The van der Waals surface area contributed by atoms with Gasteiger partial charge in [-0.25, -0.2) is 0 Å². The van der Waals surface area contributed by atoms with Crippen LogP contribution in [0.3, 0.4) is 0 Å². The highest BCUT2D eigenvalue weighted by Crippen LogP contribution is 2.11. The van der Waals surface area contributed by atoms with E-state index in [0.717, 1.165) is 43.4 Å². The Labute approximate surface area is 108 Å². The van der Waals surface area contributed by atoms with Crippen LogP contribution in [0.5, 0.6) is 0 Å². The molecule has 98 valence electrons. The predicted molar refractivity (Wildman–Crippen MR) is 73.4 cm³/mol. The van der Waals surface area contributed by atoms with Crippen molar-refractivity contribution in [2.75, 3.05) is 25.4 Å². The minimum absolute atomic E-state index is 0.346.